The first-order valence-electron chi connectivity index (χ1n) is 5.66. The van der Waals surface area contributed by atoms with Crippen LogP contribution in [0.1, 0.15) is 19.8 Å². The first-order valence-corrected chi connectivity index (χ1v) is 6.45. The molecule has 2 rings (SSSR count). The van der Waals surface area contributed by atoms with Crippen LogP contribution in [0.15, 0.2) is 10.7 Å². The molecule has 16 heavy (non-hydrogen) atoms. The highest BCUT2D eigenvalue weighted by atomic mass is 79.9. The lowest BCUT2D eigenvalue weighted by Gasteiger charge is -2.31. The minimum absolute atomic E-state index is 0.678. The van der Waals surface area contributed by atoms with Crippen LogP contribution in [0.3, 0.4) is 0 Å². The molecule has 0 radical (unpaired) electrons. The molecule has 1 saturated heterocycles. The van der Waals surface area contributed by atoms with E-state index in [1.54, 1.807) is 0 Å². The molecule has 4 nitrogen and oxygen atoms in total. The average Bonchev–Trinajstić information content (AvgIpc) is 2.31. The third kappa shape index (κ3) is 2.45. The Morgan fingerprint density at radius 2 is 2.12 bits per heavy atom. The van der Waals surface area contributed by atoms with Gasteiger partial charge in [-0.2, -0.15) is 4.98 Å². The zero-order valence-corrected chi connectivity index (χ0v) is 11.3. The second kappa shape index (κ2) is 4.99. The largest absolute Gasteiger partial charge is 0.357 e. The Labute approximate surface area is 105 Å². The van der Waals surface area contributed by atoms with E-state index in [-0.39, 0.29) is 0 Å². The van der Waals surface area contributed by atoms with E-state index < -0.39 is 0 Å². The Kier molecular flexibility index (Phi) is 3.63. The molecule has 1 aliphatic heterocycles. The maximum Gasteiger partial charge on any atom is 0.224 e. The summed E-state index contributed by atoms with van der Waals surface area (Å²) in [6.07, 6.45) is 4.29. The zero-order chi connectivity index (χ0) is 11.5. The zero-order valence-electron chi connectivity index (χ0n) is 9.70. The van der Waals surface area contributed by atoms with Gasteiger partial charge in [0.1, 0.15) is 5.82 Å². The molecule has 0 atom stereocenters. The fourth-order valence-electron chi connectivity index (χ4n) is 1.92. The van der Waals surface area contributed by atoms with Gasteiger partial charge in [-0.3, -0.25) is 0 Å². The van der Waals surface area contributed by atoms with Crippen LogP contribution in [0.4, 0.5) is 11.8 Å². The summed E-state index contributed by atoms with van der Waals surface area (Å²) < 4.78 is 0.973. The standard InChI is InChI=1S/C11H17BrN4/c1-8-3-5-16(6-4-8)10-9(12)7-14-11(13-2)15-10/h7-8H,3-6H2,1-2H3,(H,13,14,15). The van der Waals surface area contributed by atoms with Crippen molar-refractivity contribution in [1.29, 1.82) is 0 Å². The summed E-state index contributed by atoms with van der Waals surface area (Å²) in [5.74, 6) is 2.52. The van der Waals surface area contributed by atoms with E-state index in [4.69, 9.17) is 0 Å². The summed E-state index contributed by atoms with van der Waals surface area (Å²) >= 11 is 3.52. The highest BCUT2D eigenvalue weighted by Crippen LogP contribution is 2.28. The molecule has 5 heteroatoms. The molecule has 1 fully saturated rings. The lowest BCUT2D eigenvalue weighted by molar-refractivity contribution is 0.436. The molecule has 0 unspecified atom stereocenters. The number of anilines is 2. The van der Waals surface area contributed by atoms with Crippen LogP contribution in [-0.4, -0.2) is 30.1 Å². The van der Waals surface area contributed by atoms with Crippen LogP contribution in [-0.2, 0) is 0 Å². The van der Waals surface area contributed by atoms with Crippen molar-refractivity contribution >= 4 is 27.7 Å². The van der Waals surface area contributed by atoms with E-state index in [1.165, 1.54) is 12.8 Å². The van der Waals surface area contributed by atoms with Crippen molar-refractivity contribution in [2.24, 2.45) is 5.92 Å². The van der Waals surface area contributed by atoms with Gasteiger partial charge in [-0.25, -0.2) is 4.98 Å². The Morgan fingerprint density at radius 1 is 1.44 bits per heavy atom. The van der Waals surface area contributed by atoms with E-state index >= 15 is 0 Å². The second-order valence-electron chi connectivity index (χ2n) is 4.28. The van der Waals surface area contributed by atoms with Crippen molar-refractivity contribution in [1.82, 2.24) is 9.97 Å². The minimum atomic E-state index is 0.678. The molecule has 0 spiro atoms. The number of halogens is 1. The van der Waals surface area contributed by atoms with Gasteiger partial charge in [-0.05, 0) is 34.7 Å². The van der Waals surface area contributed by atoms with Gasteiger partial charge in [0, 0.05) is 26.3 Å². The SMILES string of the molecule is CNc1ncc(Br)c(N2CCC(C)CC2)n1. The summed E-state index contributed by atoms with van der Waals surface area (Å²) in [6, 6.07) is 0. The maximum absolute atomic E-state index is 4.50. The molecule has 1 aromatic rings. The predicted molar refractivity (Wildman–Crippen MR) is 69.9 cm³/mol. The Morgan fingerprint density at radius 3 is 2.75 bits per heavy atom. The number of hydrogen-bond donors (Lipinski definition) is 1. The smallest absolute Gasteiger partial charge is 0.224 e. The molecule has 0 amide bonds. The number of aromatic nitrogens is 2. The van der Waals surface area contributed by atoms with Crippen LogP contribution in [0.2, 0.25) is 0 Å². The number of rotatable bonds is 2. The summed E-state index contributed by atoms with van der Waals surface area (Å²) in [5, 5.41) is 2.97. The molecule has 2 heterocycles. The molecule has 0 bridgehead atoms. The van der Waals surface area contributed by atoms with Crippen molar-refractivity contribution in [3.8, 4) is 0 Å². The molecule has 88 valence electrons. The predicted octanol–water partition coefficient (Wildman–Crippen LogP) is 2.52. The van der Waals surface area contributed by atoms with Crippen molar-refractivity contribution in [3.05, 3.63) is 10.7 Å². The molecular weight excluding hydrogens is 268 g/mol. The summed E-state index contributed by atoms with van der Waals surface area (Å²) in [6.45, 7) is 4.48. The summed E-state index contributed by atoms with van der Waals surface area (Å²) in [7, 11) is 1.84. The van der Waals surface area contributed by atoms with E-state index in [1.807, 2.05) is 13.2 Å². The van der Waals surface area contributed by atoms with Crippen molar-refractivity contribution in [2.45, 2.75) is 19.8 Å². The molecule has 0 saturated carbocycles. The van der Waals surface area contributed by atoms with Gasteiger partial charge >= 0.3 is 0 Å². The van der Waals surface area contributed by atoms with Gasteiger partial charge in [0.2, 0.25) is 5.95 Å². The molecule has 1 N–H and O–H groups in total. The van der Waals surface area contributed by atoms with Crippen LogP contribution < -0.4 is 10.2 Å². The first-order chi connectivity index (χ1) is 7.70. The number of nitrogens with one attached hydrogen (secondary N) is 1. The van der Waals surface area contributed by atoms with Crippen molar-refractivity contribution in [3.63, 3.8) is 0 Å². The minimum Gasteiger partial charge on any atom is -0.357 e. The third-order valence-corrected chi connectivity index (χ3v) is 3.59. The van der Waals surface area contributed by atoms with Crippen LogP contribution >= 0.6 is 15.9 Å². The van der Waals surface area contributed by atoms with E-state index in [2.05, 4.69) is 43.0 Å². The highest BCUT2D eigenvalue weighted by Gasteiger charge is 2.19. The lowest BCUT2D eigenvalue weighted by atomic mass is 9.99. The highest BCUT2D eigenvalue weighted by molar-refractivity contribution is 9.10. The van der Waals surface area contributed by atoms with Gasteiger partial charge < -0.3 is 10.2 Å². The lowest BCUT2D eigenvalue weighted by Crippen LogP contribution is -2.33. The van der Waals surface area contributed by atoms with Crippen LogP contribution in [0.25, 0.3) is 0 Å². The Bertz CT molecular complexity index is 361. The summed E-state index contributed by atoms with van der Waals surface area (Å²) in [5.41, 5.74) is 0. The molecule has 0 aromatic carbocycles. The maximum atomic E-state index is 4.50. The Hall–Kier alpha value is -0.840. The van der Waals surface area contributed by atoms with Gasteiger partial charge in [-0.1, -0.05) is 6.92 Å². The van der Waals surface area contributed by atoms with Crippen molar-refractivity contribution < 1.29 is 0 Å². The van der Waals surface area contributed by atoms with Gasteiger partial charge in [-0.15, -0.1) is 0 Å². The number of hydrogen-bond acceptors (Lipinski definition) is 4. The first kappa shape index (κ1) is 11.6. The number of nitrogens with zero attached hydrogens (tertiary/aromatic N) is 3. The topological polar surface area (TPSA) is 41.1 Å². The van der Waals surface area contributed by atoms with E-state index in [0.717, 1.165) is 29.3 Å². The molecule has 1 aromatic heterocycles. The second-order valence-corrected chi connectivity index (χ2v) is 5.14. The fourth-order valence-corrected chi connectivity index (χ4v) is 2.36. The fraction of sp³-hybridized carbons (Fsp3) is 0.636. The third-order valence-electron chi connectivity index (χ3n) is 3.03. The van der Waals surface area contributed by atoms with Crippen molar-refractivity contribution in [2.75, 3.05) is 30.4 Å². The monoisotopic (exact) mass is 284 g/mol. The Balaban J connectivity index is 2.19. The average molecular weight is 285 g/mol. The normalized spacial score (nSPS) is 17.6. The molecule has 0 aliphatic carbocycles. The van der Waals surface area contributed by atoms with E-state index in [0.29, 0.717) is 5.95 Å². The van der Waals surface area contributed by atoms with Crippen LogP contribution in [0, 0.1) is 5.92 Å². The van der Waals surface area contributed by atoms with Gasteiger partial charge in [0.15, 0.2) is 0 Å². The van der Waals surface area contributed by atoms with Gasteiger partial charge in [0.05, 0.1) is 4.47 Å². The van der Waals surface area contributed by atoms with E-state index in [9.17, 15) is 0 Å². The quantitative estimate of drug-likeness (QED) is 0.906. The molecular formula is C11H17BrN4. The summed E-state index contributed by atoms with van der Waals surface area (Å²) in [4.78, 5) is 11.0. The number of piperidine rings is 1. The van der Waals surface area contributed by atoms with Crippen LogP contribution in [0.5, 0.6) is 0 Å². The molecule has 1 aliphatic rings. The van der Waals surface area contributed by atoms with Gasteiger partial charge in [0.25, 0.3) is 0 Å².